The number of benzene rings is 2. The summed E-state index contributed by atoms with van der Waals surface area (Å²) in [4.78, 5) is 17.1. The number of thiazole rings is 1. The number of amides is 1. The van der Waals surface area contributed by atoms with Crippen LogP contribution in [0.5, 0.6) is 5.75 Å². The maximum absolute atomic E-state index is 12.9. The van der Waals surface area contributed by atoms with Gasteiger partial charge in [0, 0.05) is 18.7 Å². The normalized spacial score (nSPS) is 19.6. The zero-order valence-corrected chi connectivity index (χ0v) is 19.5. The second kappa shape index (κ2) is 9.02. The maximum Gasteiger partial charge on any atom is 0.269 e. The third kappa shape index (κ3) is 4.56. The van der Waals surface area contributed by atoms with Crippen molar-refractivity contribution in [1.29, 1.82) is 0 Å². The molecule has 32 heavy (non-hydrogen) atoms. The lowest BCUT2D eigenvalue weighted by atomic mass is 10.2. The Kier molecular flexibility index (Phi) is 6.33. The fraction of sp³-hybridized carbons (Fsp3) is 0.333. The molecule has 0 unspecified atom stereocenters. The molecule has 9 nitrogen and oxygen atoms in total. The van der Waals surface area contributed by atoms with Crippen molar-refractivity contribution in [3.05, 3.63) is 48.0 Å². The van der Waals surface area contributed by atoms with Crippen molar-refractivity contribution in [3.63, 3.8) is 0 Å². The van der Waals surface area contributed by atoms with Crippen molar-refractivity contribution in [2.75, 3.05) is 25.6 Å². The molecule has 2 atom stereocenters. The summed E-state index contributed by atoms with van der Waals surface area (Å²) in [5.41, 5.74) is 6.42. The number of fused-ring (bicyclic) bond motifs is 1. The van der Waals surface area contributed by atoms with Gasteiger partial charge in [0.15, 0.2) is 0 Å². The maximum atomic E-state index is 12.9. The van der Waals surface area contributed by atoms with Gasteiger partial charge < -0.3 is 9.47 Å². The van der Waals surface area contributed by atoms with E-state index in [1.54, 1.807) is 7.11 Å². The molecule has 4 rings (SSSR count). The zero-order valence-electron chi connectivity index (χ0n) is 17.9. The van der Waals surface area contributed by atoms with Crippen LogP contribution in [-0.4, -0.2) is 56.0 Å². The Hall–Kier alpha value is -2.73. The number of hydrogen-bond donors (Lipinski definition) is 2. The molecule has 1 aromatic heterocycles. The van der Waals surface area contributed by atoms with Gasteiger partial charge in [0.25, 0.3) is 5.91 Å². The van der Waals surface area contributed by atoms with Gasteiger partial charge >= 0.3 is 0 Å². The van der Waals surface area contributed by atoms with E-state index in [2.05, 4.69) is 15.8 Å². The number of para-hydroxylation sites is 1. The predicted molar refractivity (Wildman–Crippen MR) is 122 cm³/mol. The van der Waals surface area contributed by atoms with Crippen LogP contribution in [0.2, 0.25) is 0 Å². The highest BCUT2D eigenvalue weighted by Gasteiger charge is 2.32. The first-order valence-electron chi connectivity index (χ1n) is 10.0. The molecule has 1 aliphatic heterocycles. The molecule has 1 amide bonds. The minimum absolute atomic E-state index is 0.140. The van der Waals surface area contributed by atoms with Crippen molar-refractivity contribution in [3.8, 4) is 5.75 Å². The SMILES string of the molecule is COc1cccc2sc(NNC(=O)c3ccc(S(=O)(=O)N4C[C@@H](C)O[C@@H](C)C4)cc3)nc12. The van der Waals surface area contributed by atoms with E-state index < -0.39 is 15.9 Å². The summed E-state index contributed by atoms with van der Waals surface area (Å²) < 4.78 is 39.2. The van der Waals surface area contributed by atoms with Crippen molar-refractivity contribution in [2.24, 2.45) is 0 Å². The monoisotopic (exact) mass is 476 g/mol. The average Bonchev–Trinajstić information content (AvgIpc) is 3.20. The number of anilines is 1. The molecule has 0 aliphatic carbocycles. The molecule has 170 valence electrons. The number of nitrogens with zero attached hydrogens (tertiary/aromatic N) is 2. The number of sulfonamides is 1. The van der Waals surface area contributed by atoms with Gasteiger partial charge in [0.1, 0.15) is 11.3 Å². The molecule has 0 saturated carbocycles. The Morgan fingerprint density at radius 1 is 1.16 bits per heavy atom. The van der Waals surface area contributed by atoms with Crippen LogP contribution in [0.1, 0.15) is 24.2 Å². The highest BCUT2D eigenvalue weighted by Crippen LogP contribution is 2.31. The molecule has 3 aromatic rings. The van der Waals surface area contributed by atoms with Crippen LogP contribution in [0.3, 0.4) is 0 Å². The molecule has 0 spiro atoms. The van der Waals surface area contributed by atoms with E-state index in [0.29, 0.717) is 35.1 Å². The summed E-state index contributed by atoms with van der Waals surface area (Å²) in [6, 6.07) is 11.5. The quantitative estimate of drug-likeness (QED) is 0.527. The van der Waals surface area contributed by atoms with E-state index in [4.69, 9.17) is 9.47 Å². The minimum atomic E-state index is -3.66. The first kappa shape index (κ1) is 22.5. The van der Waals surface area contributed by atoms with Crippen molar-refractivity contribution < 1.29 is 22.7 Å². The van der Waals surface area contributed by atoms with E-state index in [1.807, 2.05) is 32.0 Å². The molecule has 1 aliphatic rings. The van der Waals surface area contributed by atoms with Crippen LogP contribution in [0.25, 0.3) is 10.2 Å². The van der Waals surface area contributed by atoms with Crippen LogP contribution in [-0.2, 0) is 14.8 Å². The average molecular weight is 477 g/mol. The third-order valence-corrected chi connectivity index (χ3v) is 7.81. The Morgan fingerprint density at radius 3 is 2.50 bits per heavy atom. The number of hydrogen-bond acceptors (Lipinski definition) is 8. The number of hydrazine groups is 1. The molecular weight excluding hydrogens is 452 g/mol. The third-order valence-electron chi connectivity index (χ3n) is 5.03. The van der Waals surface area contributed by atoms with Crippen LogP contribution in [0.4, 0.5) is 5.13 Å². The van der Waals surface area contributed by atoms with E-state index in [1.165, 1.54) is 39.9 Å². The number of morpholine rings is 1. The molecule has 1 fully saturated rings. The van der Waals surface area contributed by atoms with Gasteiger partial charge in [-0.2, -0.15) is 4.31 Å². The highest BCUT2D eigenvalue weighted by atomic mass is 32.2. The first-order chi connectivity index (χ1) is 15.3. The van der Waals surface area contributed by atoms with Crippen molar-refractivity contribution in [1.82, 2.24) is 14.7 Å². The van der Waals surface area contributed by atoms with E-state index in [9.17, 15) is 13.2 Å². The van der Waals surface area contributed by atoms with Gasteiger partial charge in [-0.25, -0.2) is 13.4 Å². The van der Waals surface area contributed by atoms with Crippen LogP contribution >= 0.6 is 11.3 Å². The molecule has 2 N–H and O–H groups in total. The van der Waals surface area contributed by atoms with E-state index in [0.717, 1.165) is 4.70 Å². The second-order valence-corrected chi connectivity index (χ2v) is 10.5. The van der Waals surface area contributed by atoms with Gasteiger partial charge in [-0.05, 0) is 50.2 Å². The van der Waals surface area contributed by atoms with Gasteiger partial charge in [-0.1, -0.05) is 17.4 Å². The number of carbonyl (C=O) groups is 1. The largest absolute Gasteiger partial charge is 0.494 e. The molecule has 1 saturated heterocycles. The van der Waals surface area contributed by atoms with E-state index in [-0.39, 0.29) is 17.1 Å². The molecule has 2 aromatic carbocycles. The van der Waals surface area contributed by atoms with Gasteiger partial charge in [0.05, 0.1) is 28.9 Å². The summed E-state index contributed by atoms with van der Waals surface area (Å²) >= 11 is 1.37. The van der Waals surface area contributed by atoms with Gasteiger partial charge in [0.2, 0.25) is 15.2 Å². The lowest BCUT2D eigenvalue weighted by molar-refractivity contribution is -0.0440. The van der Waals surface area contributed by atoms with Gasteiger partial charge in [-0.3, -0.25) is 15.6 Å². The number of methoxy groups -OCH3 is 1. The number of carbonyl (C=O) groups excluding carboxylic acids is 1. The lowest BCUT2D eigenvalue weighted by Gasteiger charge is -2.34. The molecule has 2 heterocycles. The van der Waals surface area contributed by atoms with Crippen molar-refractivity contribution >= 4 is 42.6 Å². The fourth-order valence-corrected chi connectivity index (χ4v) is 6.01. The lowest BCUT2D eigenvalue weighted by Crippen LogP contribution is -2.48. The summed E-state index contributed by atoms with van der Waals surface area (Å²) in [6.07, 6.45) is -0.348. The summed E-state index contributed by atoms with van der Waals surface area (Å²) in [5.74, 6) is 0.243. The van der Waals surface area contributed by atoms with Gasteiger partial charge in [-0.15, -0.1) is 0 Å². The molecule has 0 bridgehead atoms. The second-order valence-electron chi connectivity index (χ2n) is 7.51. The number of aromatic nitrogens is 1. The predicted octanol–water partition coefficient (Wildman–Crippen LogP) is 2.86. The molecule has 11 heteroatoms. The Labute approximate surface area is 190 Å². The first-order valence-corrected chi connectivity index (χ1v) is 12.3. The Morgan fingerprint density at radius 2 is 1.84 bits per heavy atom. The van der Waals surface area contributed by atoms with Crippen LogP contribution in [0, 0.1) is 0 Å². The minimum Gasteiger partial charge on any atom is -0.494 e. The smallest absolute Gasteiger partial charge is 0.269 e. The number of nitrogens with one attached hydrogen (secondary N) is 2. The Bertz CT molecular complexity index is 1220. The number of ether oxygens (including phenoxy) is 2. The fourth-order valence-electron chi connectivity index (χ4n) is 3.58. The molecule has 0 radical (unpaired) electrons. The Balaban J connectivity index is 1.43. The standard InChI is InChI=1S/C21H24N4O5S2/c1-13-11-25(12-14(2)30-13)32(27,28)16-9-7-15(8-10-16)20(26)23-24-21-22-19-17(29-3)5-4-6-18(19)31-21/h4-10,13-14H,11-12H2,1-3H3,(H,22,24)(H,23,26)/t13-,14+. The van der Waals surface area contributed by atoms with Crippen LogP contribution < -0.4 is 15.6 Å². The van der Waals surface area contributed by atoms with Crippen molar-refractivity contribution in [2.45, 2.75) is 31.0 Å². The van der Waals surface area contributed by atoms with Crippen LogP contribution in [0.15, 0.2) is 47.4 Å². The summed E-state index contributed by atoms with van der Waals surface area (Å²) in [5, 5.41) is 0.507. The van der Waals surface area contributed by atoms with E-state index >= 15 is 0 Å². The summed E-state index contributed by atoms with van der Waals surface area (Å²) in [6.45, 7) is 4.29. The topological polar surface area (TPSA) is 110 Å². The number of rotatable bonds is 6. The zero-order chi connectivity index (χ0) is 22.9. The summed E-state index contributed by atoms with van der Waals surface area (Å²) in [7, 11) is -2.08. The molecular formula is C21H24N4O5S2. The highest BCUT2D eigenvalue weighted by molar-refractivity contribution is 7.89.